The van der Waals surface area contributed by atoms with Crippen molar-refractivity contribution >= 4 is 15.9 Å². The first kappa shape index (κ1) is 25.9. The number of carbonyl (C=O) groups is 1. The molecule has 10 heteroatoms. The zero-order valence-corrected chi connectivity index (χ0v) is 22.2. The van der Waals surface area contributed by atoms with Crippen molar-refractivity contribution in [2.45, 2.75) is 115 Å². The quantitative estimate of drug-likeness (QED) is 0.528. The van der Waals surface area contributed by atoms with Crippen molar-refractivity contribution < 1.29 is 37.6 Å². The van der Waals surface area contributed by atoms with E-state index in [1.54, 1.807) is 6.92 Å². The number of ether oxygens (including phenoxy) is 3. The average Bonchev–Trinajstić information content (AvgIpc) is 3.58. The molecule has 3 aliphatic heterocycles. The van der Waals surface area contributed by atoms with Crippen LogP contribution in [0.4, 0.5) is 0 Å². The lowest BCUT2D eigenvalue weighted by Gasteiger charge is -2.39. The fourth-order valence-electron chi connectivity index (χ4n) is 7.94. The Bertz CT molecular complexity index is 961. The van der Waals surface area contributed by atoms with Crippen LogP contribution in [-0.2, 0) is 29.0 Å². The molecule has 3 saturated heterocycles. The molecule has 5 fully saturated rings. The Hall–Kier alpha value is -0.780. The minimum Gasteiger partial charge on any atom is -0.387 e. The largest absolute Gasteiger partial charge is 0.387 e. The molecule has 2 aliphatic carbocycles. The number of rotatable bonds is 7. The lowest BCUT2D eigenvalue weighted by Crippen LogP contribution is -2.56. The summed E-state index contributed by atoms with van der Waals surface area (Å²) in [6, 6.07) is -0.399. The van der Waals surface area contributed by atoms with Gasteiger partial charge in [-0.15, -0.1) is 0 Å². The zero-order chi connectivity index (χ0) is 25.4. The standard InChI is InChI=1S/C25H41NO8S/c1-5-25(11-7-18(34-25)23(4,29)9-8-19-32-12-13-33-19)20(27)21(28)26-17-14-16-6-10-24(17,22(16,2)3)15-35(26,30)31/h16-20,27,29H,5-15H2,1-4H3/t16-,17?,18+,20+,23-,24-,25+/m0/s1. The van der Waals surface area contributed by atoms with Crippen LogP contribution >= 0.6 is 0 Å². The zero-order valence-electron chi connectivity index (χ0n) is 21.4. The van der Waals surface area contributed by atoms with E-state index >= 15 is 0 Å². The molecule has 0 radical (unpaired) electrons. The lowest BCUT2D eigenvalue weighted by atomic mass is 9.69. The second-order valence-electron chi connectivity index (χ2n) is 12.3. The highest BCUT2D eigenvalue weighted by Crippen LogP contribution is 2.70. The van der Waals surface area contributed by atoms with Gasteiger partial charge in [-0.25, -0.2) is 12.7 Å². The van der Waals surface area contributed by atoms with E-state index < -0.39 is 50.8 Å². The van der Waals surface area contributed by atoms with Gasteiger partial charge in [0.15, 0.2) is 12.4 Å². The summed E-state index contributed by atoms with van der Waals surface area (Å²) in [7, 11) is -3.84. The first-order chi connectivity index (χ1) is 16.3. The Balaban J connectivity index is 1.33. The Labute approximate surface area is 208 Å². The van der Waals surface area contributed by atoms with Crippen LogP contribution in [0.15, 0.2) is 0 Å². The van der Waals surface area contributed by atoms with E-state index in [0.717, 1.165) is 17.1 Å². The third-order valence-electron chi connectivity index (χ3n) is 10.4. The van der Waals surface area contributed by atoms with Gasteiger partial charge in [0.2, 0.25) is 10.0 Å². The summed E-state index contributed by atoms with van der Waals surface area (Å²) in [5, 5.41) is 22.5. The Morgan fingerprint density at radius 1 is 1.20 bits per heavy atom. The van der Waals surface area contributed by atoms with Crippen molar-refractivity contribution in [3.8, 4) is 0 Å². The van der Waals surface area contributed by atoms with Crippen LogP contribution < -0.4 is 0 Å². The molecular formula is C25H41NO8S. The molecule has 9 nitrogen and oxygen atoms in total. The summed E-state index contributed by atoms with van der Waals surface area (Å²) in [4.78, 5) is 13.7. The molecule has 2 saturated carbocycles. The summed E-state index contributed by atoms with van der Waals surface area (Å²) in [6.45, 7) is 8.87. The van der Waals surface area contributed by atoms with E-state index in [4.69, 9.17) is 14.2 Å². The molecule has 2 N–H and O–H groups in total. The number of aliphatic hydroxyl groups excluding tert-OH is 1. The number of hydrogen-bond donors (Lipinski definition) is 2. The Morgan fingerprint density at radius 2 is 1.89 bits per heavy atom. The van der Waals surface area contributed by atoms with Crippen molar-refractivity contribution in [3.63, 3.8) is 0 Å². The summed E-state index contributed by atoms with van der Waals surface area (Å²) in [5.41, 5.74) is -3.04. The van der Waals surface area contributed by atoms with Gasteiger partial charge in [0, 0.05) is 11.8 Å². The van der Waals surface area contributed by atoms with Gasteiger partial charge < -0.3 is 24.4 Å². The topological polar surface area (TPSA) is 123 Å². The van der Waals surface area contributed by atoms with Crippen molar-refractivity contribution in [1.29, 1.82) is 0 Å². The summed E-state index contributed by atoms with van der Waals surface area (Å²) < 4.78 is 44.9. The number of nitrogens with zero attached hydrogens (tertiary/aromatic N) is 1. The average molecular weight is 516 g/mol. The maximum atomic E-state index is 13.7. The van der Waals surface area contributed by atoms with E-state index in [1.165, 1.54) is 0 Å². The van der Waals surface area contributed by atoms with Gasteiger partial charge in [0.05, 0.1) is 36.7 Å². The van der Waals surface area contributed by atoms with Crippen LogP contribution in [0.3, 0.4) is 0 Å². The molecule has 5 rings (SSSR count). The maximum absolute atomic E-state index is 13.7. The molecule has 1 unspecified atom stereocenters. The molecule has 5 aliphatic rings. The highest BCUT2D eigenvalue weighted by atomic mass is 32.2. The van der Waals surface area contributed by atoms with Gasteiger partial charge >= 0.3 is 0 Å². The van der Waals surface area contributed by atoms with E-state index in [2.05, 4.69) is 13.8 Å². The molecule has 0 aromatic heterocycles. The monoisotopic (exact) mass is 515 g/mol. The molecule has 200 valence electrons. The van der Waals surface area contributed by atoms with Gasteiger partial charge in [0.1, 0.15) is 5.60 Å². The number of fused-ring (bicyclic) bond motifs is 1. The lowest BCUT2D eigenvalue weighted by molar-refractivity contribution is -0.183. The van der Waals surface area contributed by atoms with Crippen molar-refractivity contribution in [1.82, 2.24) is 4.31 Å². The van der Waals surface area contributed by atoms with E-state index in [1.807, 2.05) is 6.92 Å². The third-order valence-corrected chi connectivity index (χ3v) is 12.4. The van der Waals surface area contributed by atoms with Gasteiger partial charge in [-0.05, 0) is 63.2 Å². The van der Waals surface area contributed by atoms with Crippen LogP contribution in [0.2, 0.25) is 0 Å². The SMILES string of the molecule is CC[C@]1([C@H](O)C(=O)N2C3C[C@@H]4CC[C@@]3(CS2(=O)=O)C4(C)C)CC[C@H]([C@@](C)(O)CCC2OCCO2)O1. The number of carbonyl (C=O) groups excluding carboxylic acids is 1. The Kier molecular flexibility index (Phi) is 6.18. The number of hydrogen-bond acceptors (Lipinski definition) is 8. The van der Waals surface area contributed by atoms with Crippen LogP contribution in [0.5, 0.6) is 0 Å². The number of aliphatic hydroxyl groups is 2. The fraction of sp³-hybridized carbons (Fsp3) is 0.960. The van der Waals surface area contributed by atoms with Crippen LogP contribution in [0.25, 0.3) is 0 Å². The molecule has 1 amide bonds. The first-order valence-corrected chi connectivity index (χ1v) is 14.8. The van der Waals surface area contributed by atoms with Gasteiger partial charge in [-0.1, -0.05) is 20.8 Å². The molecule has 2 bridgehead atoms. The molecule has 35 heavy (non-hydrogen) atoms. The normalized spacial score (nSPS) is 42.3. The van der Waals surface area contributed by atoms with Gasteiger partial charge in [0.25, 0.3) is 5.91 Å². The van der Waals surface area contributed by atoms with Crippen molar-refractivity contribution in [2.24, 2.45) is 16.7 Å². The molecule has 7 atom stereocenters. The molecule has 0 aromatic carbocycles. The van der Waals surface area contributed by atoms with Crippen LogP contribution in [0.1, 0.15) is 79.1 Å². The molecule has 3 heterocycles. The smallest absolute Gasteiger partial charge is 0.268 e. The van der Waals surface area contributed by atoms with E-state index in [-0.39, 0.29) is 17.5 Å². The number of sulfonamides is 1. The van der Waals surface area contributed by atoms with Crippen LogP contribution in [-0.4, -0.2) is 83.6 Å². The summed E-state index contributed by atoms with van der Waals surface area (Å²) >= 11 is 0. The fourth-order valence-corrected chi connectivity index (χ4v) is 10.5. The predicted octanol–water partition coefficient (Wildman–Crippen LogP) is 1.95. The molecule has 0 aromatic rings. The molecular weight excluding hydrogens is 474 g/mol. The summed E-state index contributed by atoms with van der Waals surface area (Å²) in [5.74, 6) is -0.425. The first-order valence-electron chi connectivity index (χ1n) is 13.2. The number of amides is 1. The highest BCUT2D eigenvalue weighted by Gasteiger charge is 2.73. The third kappa shape index (κ3) is 3.73. The Morgan fingerprint density at radius 3 is 2.51 bits per heavy atom. The second-order valence-corrected chi connectivity index (χ2v) is 14.1. The van der Waals surface area contributed by atoms with Crippen LogP contribution in [0, 0.1) is 16.7 Å². The van der Waals surface area contributed by atoms with Gasteiger partial charge in [-0.3, -0.25) is 4.79 Å². The molecule has 1 spiro atoms. The highest BCUT2D eigenvalue weighted by molar-refractivity contribution is 7.90. The van der Waals surface area contributed by atoms with E-state index in [0.29, 0.717) is 57.7 Å². The summed E-state index contributed by atoms with van der Waals surface area (Å²) in [6.07, 6.45) is 1.96. The minimum atomic E-state index is -3.84. The maximum Gasteiger partial charge on any atom is 0.268 e. The van der Waals surface area contributed by atoms with Gasteiger partial charge in [-0.2, -0.15) is 0 Å². The van der Waals surface area contributed by atoms with Crippen molar-refractivity contribution in [2.75, 3.05) is 19.0 Å². The van der Waals surface area contributed by atoms with Crippen molar-refractivity contribution in [3.05, 3.63) is 0 Å². The minimum absolute atomic E-state index is 0.0325. The predicted molar refractivity (Wildman–Crippen MR) is 127 cm³/mol. The van der Waals surface area contributed by atoms with E-state index in [9.17, 15) is 23.4 Å². The second kappa shape index (κ2) is 8.36.